The summed E-state index contributed by atoms with van der Waals surface area (Å²) in [6.45, 7) is 3.73. The smallest absolute Gasteiger partial charge is 0.251 e. The molecule has 0 radical (unpaired) electrons. The number of anilines is 1. The zero-order chi connectivity index (χ0) is 23.8. The van der Waals surface area contributed by atoms with Crippen LogP contribution in [0.15, 0.2) is 72.9 Å². The second kappa shape index (κ2) is 8.55. The molecule has 0 saturated heterocycles. The van der Waals surface area contributed by atoms with E-state index in [0.717, 1.165) is 11.1 Å². The van der Waals surface area contributed by atoms with E-state index in [9.17, 15) is 14.0 Å². The van der Waals surface area contributed by atoms with E-state index in [4.69, 9.17) is 0 Å². The van der Waals surface area contributed by atoms with E-state index in [1.165, 1.54) is 12.1 Å². The third-order valence-electron chi connectivity index (χ3n) is 5.94. The number of aryl methyl sites for hydroxylation is 2. The fourth-order valence-electron chi connectivity index (χ4n) is 4.38. The van der Waals surface area contributed by atoms with Crippen LogP contribution in [0.2, 0.25) is 0 Å². The Bertz CT molecular complexity index is 1380. The number of halogens is 1. The molecule has 8 heteroatoms. The van der Waals surface area contributed by atoms with E-state index in [0.29, 0.717) is 28.5 Å². The summed E-state index contributed by atoms with van der Waals surface area (Å²) in [6, 6.07) is 17.6. The van der Waals surface area contributed by atoms with E-state index >= 15 is 0 Å². The summed E-state index contributed by atoms with van der Waals surface area (Å²) in [7, 11) is 0. The molecule has 0 spiro atoms. The average Bonchev–Trinajstić information content (AvgIpc) is 3.16. The molecule has 2 amide bonds. The highest BCUT2D eigenvalue weighted by molar-refractivity contribution is 6.04. The molecule has 2 atom stereocenters. The molecule has 34 heavy (non-hydrogen) atoms. The monoisotopic (exact) mass is 455 g/mol. The minimum Gasteiger partial charge on any atom is -0.339 e. The Morgan fingerprint density at radius 1 is 1.06 bits per heavy atom. The molecule has 1 aliphatic heterocycles. The number of hydrogen-bond acceptors (Lipinski definition) is 4. The van der Waals surface area contributed by atoms with Gasteiger partial charge in [-0.2, -0.15) is 9.78 Å². The predicted molar refractivity (Wildman–Crippen MR) is 125 cm³/mol. The SMILES string of the molecule is Cc1cccc(C(=O)N[C@@H]2C(=O)Nc3c(c(C)nn3-c3ccccn3)[C@H]2c2ccc(F)cc2)c1. The largest absolute Gasteiger partial charge is 0.339 e. The maximum absolute atomic E-state index is 13.7. The Morgan fingerprint density at radius 3 is 2.56 bits per heavy atom. The number of rotatable bonds is 4. The quantitative estimate of drug-likeness (QED) is 0.488. The summed E-state index contributed by atoms with van der Waals surface area (Å²) in [5, 5.41) is 10.4. The lowest BCUT2D eigenvalue weighted by Crippen LogP contribution is -2.50. The lowest BCUT2D eigenvalue weighted by atomic mass is 9.82. The first kappa shape index (κ1) is 21.5. The second-order valence-electron chi connectivity index (χ2n) is 8.29. The summed E-state index contributed by atoms with van der Waals surface area (Å²) in [5.41, 5.74) is 3.50. The van der Waals surface area contributed by atoms with Crippen molar-refractivity contribution >= 4 is 17.6 Å². The lowest BCUT2D eigenvalue weighted by molar-refractivity contribution is -0.118. The van der Waals surface area contributed by atoms with Gasteiger partial charge in [-0.1, -0.05) is 35.9 Å². The second-order valence-corrected chi connectivity index (χ2v) is 8.29. The number of aromatic nitrogens is 3. The van der Waals surface area contributed by atoms with Gasteiger partial charge in [-0.3, -0.25) is 9.59 Å². The van der Waals surface area contributed by atoms with Crippen molar-refractivity contribution in [2.75, 3.05) is 5.32 Å². The van der Waals surface area contributed by atoms with Gasteiger partial charge in [0, 0.05) is 23.2 Å². The molecule has 0 aliphatic carbocycles. The van der Waals surface area contributed by atoms with Crippen LogP contribution >= 0.6 is 0 Å². The van der Waals surface area contributed by atoms with Gasteiger partial charge >= 0.3 is 0 Å². The Kier molecular flexibility index (Phi) is 5.41. The van der Waals surface area contributed by atoms with Crippen LogP contribution in [0.1, 0.15) is 38.7 Å². The van der Waals surface area contributed by atoms with Gasteiger partial charge in [-0.15, -0.1) is 0 Å². The number of carbonyl (C=O) groups is 2. The standard InChI is InChI=1S/C26H22FN5O2/c1-15-6-5-7-18(14-15)25(33)29-23-22(17-9-11-19(27)12-10-17)21-16(2)31-32(24(21)30-26(23)34)20-8-3-4-13-28-20/h3-14,22-23H,1-2H3,(H,29,33)(H,30,34)/t22-,23+/m1/s1. The molecule has 2 aromatic heterocycles. The average molecular weight is 455 g/mol. The third kappa shape index (κ3) is 3.83. The molecule has 3 heterocycles. The number of nitrogens with one attached hydrogen (secondary N) is 2. The molecule has 4 aromatic rings. The minimum absolute atomic E-state index is 0.366. The van der Waals surface area contributed by atoms with Gasteiger partial charge in [0.25, 0.3) is 5.91 Å². The van der Waals surface area contributed by atoms with Crippen LogP contribution in [-0.2, 0) is 4.79 Å². The molecular formula is C26H22FN5O2. The van der Waals surface area contributed by atoms with Gasteiger partial charge in [0.15, 0.2) is 5.82 Å². The number of fused-ring (bicyclic) bond motifs is 1. The first-order valence-electron chi connectivity index (χ1n) is 10.9. The van der Waals surface area contributed by atoms with Crippen molar-refractivity contribution in [1.82, 2.24) is 20.1 Å². The number of nitrogens with zero attached hydrogens (tertiary/aromatic N) is 3. The van der Waals surface area contributed by atoms with Crippen LogP contribution in [-0.4, -0.2) is 32.6 Å². The summed E-state index contributed by atoms with van der Waals surface area (Å²) >= 11 is 0. The fourth-order valence-corrected chi connectivity index (χ4v) is 4.38. The van der Waals surface area contributed by atoms with Gasteiger partial charge in [0.05, 0.1) is 5.69 Å². The Balaban J connectivity index is 1.62. The zero-order valence-corrected chi connectivity index (χ0v) is 18.6. The molecule has 5 rings (SSSR count). The highest BCUT2D eigenvalue weighted by Crippen LogP contribution is 2.40. The first-order valence-corrected chi connectivity index (χ1v) is 10.9. The number of hydrogen-bond donors (Lipinski definition) is 2. The van der Waals surface area contributed by atoms with Gasteiger partial charge in [0.2, 0.25) is 5.91 Å². The summed E-state index contributed by atoms with van der Waals surface area (Å²) in [6.07, 6.45) is 1.64. The van der Waals surface area contributed by atoms with E-state index in [1.807, 2.05) is 26.0 Å². The number of carbonyl (C=O) groups excluding carboxylic acids is 2. The highest BCUT2D eigenvalue weighted by atomic mass is 19.1. The predicted octanol–water partition coefficient (Wildman–Crippen LogP) is 3.91. The minimum atomic E-state index is -0.925. The maximum Gasteiger partial charge on any atom is 0.251 e. The molecule has 0 fully saturated rings. The topological polar surface area (TPSA) is 88.9 Å². The number of pyridine rings is 1. The van der Waals surface area contributed by atoms with Crippen LogP contribution in [0.25, 0.3) is 5.82 Å². The van der Waals surface area contributed by atoms with Crippen LogP contribution in [0, 0.1) is 19.7 Å². The molecule has 170 valence electrons. The molecular weight excluding hydrogens is 433 g/mol. The molecule has 0 bridgehead atoms. The maximum atomic E-state index is 13.7. The van der Waals surface area contributed by atoms with Gasteiger partial charge in [-0.25, -0.2) is 9.37 Å². The van der Waals surface area contributed by atoms with E-state index in [1.54, 1.807) is 53.3 Å². The van der Waals surface area contributed by atoms with Crippen LogP contribution < -0.4 is 10.6 Å². The van der Waals surface area contributed by atoms with Crippen molar-refractivity contribution in [3.63, 3.8) is 0 Å². The molecule has 1 aliphatic rings. The van der Waals surface area contributed by atoms with E-state index in [-0.39, 0.29) is 17.6 Å². The van der Waals surface area contributed by atoms with Gasteiger partial charge < -0.3 is 10.6 Å². The van der Waals surface area contributed by atoms with Crippen molar-refractivity contribution in [2.45, 2.75) is 25.8 Å². The number of benzene rings is 2. The lowest BCUT2D eigenvalue weighted by Gasteiger charge is -2.32. The molecule has 0 unspecified atom stereocenters. The van der Waals surface area contributed by atoms with Crippen LogP contribution in [0.4, 0.5) is 10.2 Å². The molecule has 2 N–H and O–H groups in total. The number of amides is 2. The zero-order valence-electron chi connectivity index (χ0n) is 18.6. The summed E-state index contributed by atoms with van der Waals surface area (Å²) in [4.78, 5) is 30.8. The molecule has 0 saturated carbocycles. The Labute approximate surface area is 195 Å². The van der Waals surface area contributed by atoms with Crippen LogP contribution in [0.5, 0.6) is 0 Å². The highest BCUT2D eigenvalue weighted by Gasteiger charge is 2.42. The summed E-state index contributed by atoms with van der Waals surface area (Å²) < 4.78 is 15.3. The van der Waals surface area contributed by atoms with Crippen molar-refractivity contribution in [2.24, 2.45) is 0 Å². The molecule has 7 nitrogen and oxygen atoms in total. The van der Waals surface area contributed by atoms with E-state index < -0.39 is 12.0 Å². The van der Waals surface area contributed by atoms with E-state index in [2.05, 4.69) is 20.7 Å². The van der Waals surface area contributed by atoms with Crippen molar-refractivity contribution < 1.29 is 14.0 Å². The van der Waals surface area contributed by atoms with Crippen molar-refractivity contribution in [3.05, 3.63) is 107 Å². The Morgan fingerprint density at radius 2 is 1.85 bits per heavy atom. The summed E-state index contributed by atoms with van der Waals surface area (Å²) in [5.74, 6) is -0.682. The van der Waals surface area contributed by atoms with Gasteiger partial charge in [0.1, 0.15) is 17.7 Å². The van der Waals surface area contributed by atoms with Crippen molar-refractivity contribution in [1.29, 1.82) is 0 Å². The normalized spacial score (nSPS) is 17.1. The molecule has 2 aromatic carbocycles. The fraction of sp³-hybridized carbons (Fsp3) is 0.154. The van der Waals surface area contributed by atoms with Crippen LogP contribution in [0.3, 0.4) is 0 Å². The van der Waals surface area contributed by atoms with Crippen molar-refractivity contribution in [3.8, 4) is 5.82 Å². The first-order chi connectivity index (χ1) is 16.4. The third-order valence-corrected chi connectivity index (χ3v) is 5.94. The van der Waals surface area contributed by atoms with Gasteiger partial charge in [-0.05, 0) is 55.8 Å². The Hall–Kier alpha value is -4.33.